The van der Waals surface area contributed by atoms with E-state index >= 15 is 0 Å². The summed E-state index contributed by atoms with van der Waals surface area (Å²) >= 11 is 5.49. The summed E-state index contributed by atoms with van der Waals surface area (Å²) in [4.78, 5) is 1.43. The van der Waals surface area contributed by atoms with Crippen LogP contribution in [0.2, 0.25) is 0 Å². The van der Waals surface area contributed by atoms with Crippen LogP contribution in [-0.4, -0.2) is 47.8 Å². The van der Waals surface area contributed by atoms with E-state index in [1.54, 1.807) is 7.11 Å². The number of hydrogen-bond acceptors (Lipinski definition) is 5. The Morgan fingerprint density at radius 2 is 1.88 bits per heavy atom. The highest BCUT2D eigenvalue weighted by atomic mass is 32.1. The van der Waals surface area contributed by atoms with Gasteiger partial charge in [0, 0.05) is 7.05 Å². The maximum atomic E-state index is 5.81. The van der Waals surface area contributed by atoms with Crippen molar-refractivity contribution in [3.05, 3.63) is 34.9 Å². The molecule has 0 radical (unpaired) electrons. The predicted octanol–water partition coefficient (Wildman–Crippen LogP) is 0.411. The largest absolute Gasteiger partial charge is 0.497 e. The van der Waals surface area contributed by atoms with Crippen LogP contribution in [0.1, 0.15) is 5.82 Å². The van der Waals surface area contributed by atoms with Gasteiger partial charge in [0.05, 0.1) is 20.3 Å². The molecule has 0 aliphatic carbocycles. The fourth-order valence-corrected chi connectivity index (χ4v) is 2.82. The molecule has 1 aliphatic rings. The molecule has 0 saturated carbocycles. The summed E-state index contributed by atoms with van der Waals surface area (Å²) in [6.45, 7) is 4.69. The summed E-state index contributed by atoms with van der Waals surface area (Å²) in [5, 5.41) is 4.62. The van der Waals surface area contributed by atoms with Gasteiger partial charge in [0.1, 0.15) is 31.2 Å². The zero-order valence-electron chi connectivity index (χ0n) is 14.0. The van der Waals surface area contributed by atoms with Crippen LogP contribution in [0, 0.1) is 4.77 Å². The SMILES string of the molecule is COc1ccc(OCc2nn(C[NH+]3CCOCC3)c(=S)n2C)cc1. The van der Waals surface area contributed by atoms with Gasteiger partial charge in [-0.1, -0.05) is 0 Å². The van der Waals surface area contributed by atoms with Crippen molar-refractivity contribution in [2.45, 2.75) is 13.3 Å². The lowest BCUT2D eigenvalue weighted by Gasteiger charge is -2.23. The van der Waals surface area contributed by atoms with E-state index < -0.39 is 0 Å². The lowest BCUT2D eigenvalue weighted by molar-refractivity contribution is -0.931. The summed E-state index contributed by atoms with van der Waals surface area (Å²) in [6.07, 6.45) is 0. The molecule has 0 spiro atoms. The lowest BCUT2D eigenvalue weighted by atomic mass is 10.3. The van der Waals surface area contributed by atoms with E-state index in [1.807, 2.05) is 40.6 Å². The van der Waals surface area contributed by atoms with E-state index in [-0.39, 0.29) is 0 Å². The van der Waals surface area contributed by atoms with E-state index in [4.69, 9.17) is 26.4 Å². The minimum absolute atomic E-state index is 0.373. The molecule has 130 valence electrons. The number of morpholine rings is 1. The summed E-state index contributed by atoms with van der Waals surface area (Å²) in [5.74, 6) is 2.39. The number of benzene rings is 1. The molecule has 24 heavy (non-hydrogen) atoms. The number of nitrogens with one attached hydrogen (secondary N) is 1. The van der Waals surface area contributed by atoms with Gasteiger partial charge < -0.3 is 23.7 Å². The minimum Gasteiger partial charge on any atom is -0.497 e. The first-order valence-electron chi connectivity index (χ1n) is 7.98. The number of quaternary nitrogens is 1. The standard InChI is InChI=1S/C16H22N4O3S/c1-18-15(11-23-14-5-3-13(21-2)4-6-14)17-20(16(18)24)12-19-7-9-22-10-8-19/h3-6H,7-12H2,1-2H3/p+1. The fourth-order valence-electron chi connectivity index (χ4n) is 2.61. The third-order valence-corrected chi connectivity index (χ3v) is 4.62. The fraction of sp³-hybridized carbons (Fsp3) is 0.500. The molecular weight excluding hydrogens is 328 g/mol. The van der Waals surface area contributed by atoms with Crippen molar-refractivity contribution in [3.8, 4) is 11.5 Å². The molecule has 8 heteroatoms. The Kier molecular flexibility index (Phi) is 5.49. The third kappa shape index (κ3) is 3.95. The van der Waals surface area contributed by atoms with Crippen LogP contribution in [0.4, 0.5) is 0 Å². The van der Waals surface area contributed by atoms with Crippen LogP contribution in [0.5, 0.6) is 11.5 Å². The van der Waals surface area contributed by atoms with Crippen molar-refractivity contribution < 1.29 is 19.1 Å². The van der Waals surface area contributed by atoms with Crippen LogP contribution in [0.3, 0.4) is 0 Å². The summed E-state index contributed by atoms with van der Waals surface area (Å²) in [6, 6.07) is 7.49. The molecule has 2 aromatic rings. The molecule has 7 nitrogen and oxygen atoms in total. The van der Waals surface area contributed by atoms with Crippen LogP contribution >= 0.6 is 12.2 Å². The summed E-state index contributed by atoms with van der Waals surface area (Å²) in [7, 11) is 3.57. The third-order valence-electron chi connectivity index (χ3n) is 4.13. The van der Waals surface area contributed by atoms with Crippen molar-refractivity contribution in [1.82, 2.24) is 14.3 Å². The Morgan fingerprint density at radius 1 is 1.21 bits per heavy atom. The molecule has 1 fully saturated rings. The first-order chi connectivity index (χ1) is 11.7. The second-order valence-corrected chi connectivity index (χ2v) is 6.11. The summed E-state index contributed by atoms with van der Waals surface area (Å²) < 4.78 is 20.8. The van der Waals surface area contributed by atoms with Gasteiger partial charge in [0.15, 0.2) is 12.5 Å². The maximum absolute atomic E-state index is 5.81. The number of aromatic nitrogens is 3. The molecule has 1 N–H and O–H groups in total. The Labute approximate surface area is 146 Å². The topological polar surface area (TPSA) is 54.9 Å². The van der Waals surface area contributed by atoms with Crippen molar-refractivity contribution in [2.75, 3.05) is 33.4 Å². The zero-order valence-corrected chi connectivity index (χ0v) is 14.8. The van der Waals surface area contributed by atoms with Gasteiger partial charge in [-0.25, -0.2) is 0 Å². The Bertz CT molecular complexity index is 720. The van der Waals surface area contributed by atoms with Gasteiger partial charge in [0.25, 0.3) is 0 Å². The van der Waals surface area contributed by atoms with Crippen LogP contribution in [0.15, 0.2) is 24.3 Å². The van der Waals surface area contributed by atoms with Crippen molar-refractivity contribution in [2.24, 2.45) is 7.05 Å². The van der Waals surface area contributed by atoms with E-state index in [9.17, 15) is 0 Å². The first-order valence-corrected chi connectivity index (χ1v) is 8.39. The van der Waals surface area contributed by atoms with Gasteiger partial charge in [0.2, 0.25) is 4.77 Å². The molecule has 0 atom stereocenters. The smallest absolute Gasteiger partial charge is 0.202 e. The van der Waals surface area contributed by atoms with Crippen molar-refractivity contribution >= 4 is 12.2 Å². The highest BCUT2D eigenvalue weighted by Gasteiger charge is 2.17. The number of nitrogens with zero attached hydrogens (tertiary/aromatic N) is 3. The van der Waals surface area contributed by atoms with Crippen LogP contribution in [0.25, 0.3) is 0 Å². The second-order valence-electron chi connectivity index (χ2n) is 5.74. The Balaban J connectivity index is 1.64. The highest BCUT2D eigenvalue weighted by Crippen LogP contribution is 2.17. The number of ether oxygens (including phenoxy) is 3. The molecular formula is C16H23N4O3S+. The van der Waals surface area contributed by atoms with Gasteiger partial charge in [-0.15, -0.1) is 5.10 Å². The molecule has 1 aromatic heterocycles. The van der Waals surface area contributed by atoms with Crippen LogP contribution < -0.4 is 14.4 Å². The van der Waals surface area contributed by atoms with E-state index in [0.717, 1.165) is 50.3 Å². The minimum atomic E-state index is 0.373. The van der Waals surface area contributed by atoms with Crippen LogP contribution in [-0.2, 0) is 25.1 Å². The maximum Gasteiger partial charge on any atom is 0.202 e. The quantitative estimate of drug-likeness (QED) is 0.764. The van der Waals surface area contributed by atoms with E-state index in [0.29, 0.717) is 11.4 Å². The molecule has 3 rings (SSSR count). The summed E-state index contributed by atoms with van der Waals surface area (Å²) in [5.41, 5.74) is 0. The average Bonchev–Trinajstić information content (AvgIpc) is 2.89. The van der Waals surface area contributed by atoms with Gasteiger partial charge in [-0.3, -0.25) is 0 Å². The normalized spacial score (nSPS) is 15.4. The number of hydrogen-bond donors (Lipinski definition) is 1. The second kappa shape index (κ2) is 7.78. The average molecular weight is 351 g/mol. The lowest BCUT2D eigenvalue weighted by Crippen LogP contribution is -3.13. The number of rotatable bonds is 6. The molecule has 1 aromatic carbocycles. The molecule has 1 aliphatic heterocycles. The van der Waals surface area contributed by atoms with E-state index in [2.05, 4.69) is 5.10 Å². The Morgan fingerprint density at radius 3 is 2.54 bits per heavy atom. The molecule has 0 bridgehead atoms. The molecule has 2 heterocycles. The molecule has 0 amide bonds. The zero-order chi connectivity index (χ0) is 16.9. The number of methoxy groups -OCH3 is 1. The predicted molar refractivity (Wildman–Crippen MR) is 90.9 cm³/mol. The highest BCUT2D eigenvalue weighted by molar-refractivity contribution is 7.71. The van der Waals surface area contributed by atoms with Gasteiger partial charge in [-0.2, -0.15) is 4.68 Å². The molecule has 1 saturated heterocycles. The van der Waals surface area contributed by atoms with E-state index in [1.165, 1.54) is 4.90 Å². The van der Waals surface area contributed by atoms with Gasteiger partial charge >= 0.3 is 0 Å². The molecule has 0 unspecified atom stereocenters. The monoisotopic (exact) mass is 351 g/mol. The Hall–Kier alpha value is -1.90. The van der Waals surface area contributed by atoms with Crippen molar-refractivity contribution in [1.29, 1.82) is 0 Å². The van der Waals surface area contributed by atoms with Gasteiger partial charge in [-0.05, 0) is 36.5 Å². The van der Waals surface area contributed by atoms with Crippen molar-refractivity contribution in [3.63, 3.8) is 0 Å². The first kappa shape index (κ1) is 16.9.